The Hall–Kier alpha value is -1.42. The first-order chi connectivity index (χ1) is 10.2. The van der Waals surface area contributed by atoms with Gasteiger partial charge in [0, 0.05) is 11.1 Å². The fraction of sp³-hybridized carbons (Fsp3) is 0.0625. The molecule has 21 heavy (non-hydrogen) atoms. The molecule has 0 aliphatic carbocycles. The third kappa shape index (κ3) is 2.95. The third-order valence-electron chi connectivity index (χ3n) is 3.13. The molecule has 2 aromatic carbocycles. The van der Waals surface area contributed by atoms with Crippen LogP contribution >= 0.6 is 35.0 Å². The minimum Gasteiger partial charge on any atom is -0.332 e. The summed E-state index contributed by atoms with van der Waals surface area (Å²) < 4.78 is 0. The number of H-pyrrole nitrogens is 1. The molecule has 3 aromatic rings. The van der Waals surface area contributed by atoms with Crippen molar-refractivity contribution in [3.05, 3.63) is 58.6 Å². The largest absolute Gasteiger partial charge is 0.332 e. The SMILES string of the molecule is CSc1nc(-c2ccc(Cl)c(Cl)c2)c(-c2ccccc2)[nH]1. The molecular weight excluding hydrogens is 323 g/mol. The highest BCUT2D eigenvalue weighted by Gasteiger charge is 2.14. The molecule has 0 aliphatic rings. The van der Waals surface area contributed by atoms with Crippen molar-refractivity contribution < 1.29 is 0 Å². The van der Waals surface area contributed by atoms with Crippen LogP contribution in [0.1, 0.15) is 0 Å². The monoisotopic (exact) mass is 334 g/mol. The van der Waals surface area contributed by atoms with Gasteiger partial charge in [0.1, 0.15) is 0 Å². The van der Waals surface area contributed by atoms with E-state index in [2.05, 4.69) is 22.1 Å². The minimum absolute atomic E-state index is 0.530. The van der Waals surface area contributed by atoms with Crippen LogP contribution in [0.25, 0.3) is 22.5 Å². The molecule has 2 nitrogen and oxygen atoms in total. The summed E-state index contributed by atoms with van der Waals surface area (Å²) in [6.07, 6.45) is 1.99. The van der Waals surface area contributed by atoms with Crippen LogP contribution in [0.3, 0.4) is 0 Å². The quantitative estimate of drug-likeness (QED) is 0.615. The lowest BCUT2D eigenvalue weighted by atomic mass is 10.1. The zero-order chi connectivity index (χ0) is 14.8. The summed E-state index contributed by atoms with van der Waals surface area (Å²) in [6, 6.07) is 15.7. The summed E-state index contributed by atoms with van der Waals surface area (Å²) in [7, 11) is 0. The molecule has 1 heterocycles. The van der Waals surface area contributed by atoms with Crippen molar-refractivity contribution in [1.29, 1.82) is 0 Å². The summed E-state index contributed by atoms with van der Waals surface area (Å²) in [6.45, 7) is 0. The normalized spacial score (nSPS) is 10.8. The topological polar surface area (TPSA) is 28.7 Å². The van der Waals surface area contributed by atoms with E-state index in [1.165, 1.54) is 0 Å². The number of halogens is 2. The van der Waals surface area contributed by atoms with E-state index in [4.69, 9.17) is 23.2 Å². The van der Waals surface area contributed by atoms with Gasteiger partial charge in [0.15, 0.2) is 5.16 Å². The van der Waals surface area contributed by atoms with E-state index < -0.39 is 0 Å². The van der Waals surface area contributed by atoms with Gasteiger partial charge in [-0.1, -0.05) is 71.4 Å². The van der Waals surface area contributed by atoms with Crippen LogP contribution in [0.15, 0.2) is 53.7 Å². The zero-order valence-corrected chi connectivity index (χ0v) is 13.6. The fourth-order valence-corrected chi connectivity index (χ4v) is 2.80. The highest BCUT2D eigenvalue weighted by Crippen LogP contribution is 2.34. The van der Waals surface area contributed by atoms with Crippen molar-refractivity contribution in [2.45, 2.75) is 5.16 Å². The zero-order valence-electron chi connectivity index (χ0n) is 11.2. The van der Waals surface area contributed by atoms with Crippen LogP contribution in [-0.2, 0) is 0 Å². The highest BCUT2D eigenvalue weighted by atomic mass is 35.5. The summed E-state index contributed by atoms with van der Waals surface area (Å²) in [5, 5.41) is 1.94. The van der Waals surface area contributed by atoms with Gasteiger partial charge >= 0.3 is 0 Å². The maximum atomic E-state index is 6.13. The molecule has 0 unspecified atom stereocenters. The first-order valence-corrected chi connectivity index (χ1v) is 8.32. The Morgan fingerprint density at radius 3 is 2.38 bits per heavy atom. The van der Waals surface area contributed by atoms with E-state index in [0.717, 1.165) is 27.7 Å². The van der Waals surface area contributed by atoms with E-state index in [1.807, 2.05) is 36.6 Å². The van der Waals surface area contributed by atoms with Crippen LogP contribution in [-0.4, -0.2) is 16.2 Å². The Kier molecular flexibility index (Phi) is 4.24. The Balaban J connectivity index is 2.17. The average Bonchev–Trinajstić information content (AvgIpc) is 2.95. The first-order valence-electron chi connectivity index (χ1n) is 6.34. The Morgan fingerprint density at radius 1 is 0.952 bits per heavy atom. The smallest absolute Gasteiger partial charge is 0.166 e. The van der Waals surface area contributed by atoms with Crippen LogP contribution < -0.4 is 0 Å². The Labute approximate surface area is 137 Å². The number of rotatable bonds is 3. The molecule has 1 N–H and O–H groups in total. The summed E-state index contributed by atoms with van der Waals surface area (Å²) in [5.41, 5.74) is 3.90. The number of hydrogen-bond donors (Lipinski definition) is 1. The predicted molar refractivity (Wildman–Crippen MR) is 91.3 cm³/mol. The molecule has 106 valence electrons. The van der Waals surface area contributed by atoms with E-state index in [1.54, 1.807) is 17.8 Å². The summed E-state index contributed by atoms with van der Waals surface area (Å²) in [4.78, 5) is 8.01. The maximum absolute atomic E-state index is 6.13. The van der Waals surface area contributed by atoms with E-state index in [-0.39, 0.29) is 0 Å². The molecule has 0 aliphatic heterocycles. The molecule has 0 fully saturated rings. The highest BCUT2D eigenvalue weighted by molar-refractivity contribution is 7.98. The molecule has 3 rings (SSSR count). The molecule has 0 bridgehead atoms. The number of aromatic amines is 1. The summed E-state index contributed by atoms with van der Waals surface area (Å²) >= 11 is 13.7. The van der Waals surface area contributed by atoms with Gasteiger partial charge in [0.2, 0.25) is 0 Å². The van der Waals surface area contributed by atoms with Gasteiger partial charge in [0.25, 0.3) is 0 Å². The van der Waals surface area contributed by atoms with Gasteiger partial charge in [0.05, 0.1) is 21.4 Å². The Morgan fingerprint density at radius 2 is 1.71 bits per heavy atom. The van der Waals surface area contributed by atoms with Gasteiger partial charge < -0.3 is 4.98 Å². The maximum Gasteiger partial charge on any atom is 0.166 e. The standard InChI is InChI=1S/C16H12Cl2N2S/c1-21-16-19-14(10-5-3-2-4-6-10)15(20-16)11-7-8-12(17)13(18)9-11/h2-9H,1H3,(H,19,20). The number of thioether (sulfide) groups is 1. The molecule has 0 saturated carbocycles. The molecular formula is C16H12Cl2N2S. The average molecular weight is 335 g/mol. The van der Waals surface area contributed by atoms with Crippen molar-refractivity contribution in [2.24, 2.45) is 0 Å². The van der Waals surface area contributed by atoms with Gasteiger partial charge in [-0.3, -0.25) is 0 Å². The van der Waals surface area contributed by atoms with Gasteiger partial charge in [-0.25, -0.2) is 4.98 Å². The van der Waals surface area contributed by atoms with Gasteiger partial charge in [-0.2, -0.15) is 0 Å². The minimum atomic E-state index is 0.530. The number of benzene rings is 2. The lowest BCUT2D eigenvalue weighted by molar-refractivity contribution is 1.07. The van der Waals surface area contributed by atoms with Crippen molar-refractivity contribution in [3.63, 3.8) is 0 Å². The van der Waals surface area contributed by atoms with Crippen molar-refractivity contribution in [3.8, 4) is 22.5 Å². The molecule has 0 spiro atoms. The van der Waals surface area contributed by atoms with Gasteiger partial charge in [-0.15, -0.1) is 0 Å². The molecule has 0 saturated heterocycles. The number of nitrogens with one attached hydrogen (secondary N) is 1. The van der Waals surface area contributed by atoms with Crippen LogP contribution in [0.2, 0.25) is 10.0 Å². The van der Waals surface area contributed by atoms with E-state index in [9.17, 15) is 0 Å². The second-order valence-electron chi connectivity index (χ2n) is 4.46. The number of imidazole rings is 1. The molecule has 1 aromatic heterocycles. The lowest BCUT2D eigenvalue weighted by Gasteiger charge is -2.04. The second-order valence-corrected chi connectivity index (χ2v) is 6.07. The third-order valence-corrected chi connectivity index (χ3v) is 4.45. The van der Waals surface area contributed by atoms with Crippen molar-refractivity contribution >= 4 is 35.0 Å². The van der Waals surface area contributed by atoms with Crippen LogP contribution in [0, 0.1) is 0 Å². The van der Waals surface area contributed by atoms with Crippen LogP contribution in [0.4, 0.5) is 0 Å². The number of aromatic nitrogens is 2. The van der Waals surface area contributed by atoms with E-state index in [0.29, 0.717) is 10.0 Å². The first kappa shape index (κ1) is 14.5. The Bertz CT molecular complexity index is 769. The van der Waals surface area contributed by atoms with Crippen LogP contribution in [0.5, 0.6) is 0 Å². The predicted octanol–water partition coefficient (Wildman–Crippen LogP) is 5.77. The molecule has 0 amide bonds. The molecule has 0 atom stereocenters. The van der Waals surface area contributed by atoms with Crippen molar-refractivity contribution in [1.82, 2.24) is 9.97 Å². The van der Waals surface area contributed by atoms with Crippen molar-refractivity contribution in [2.75, 3.05) is 6.26 Å². The molecule has 5 heteroatoms. The van der Waals surface area contributed by atoms with Gasteiger partial charge in [-0.05, 0) is 18.4 Å². The fourth-order valence-electron chi connectivity index (χ4n) is 2.11. The second kappa shape index (κ2) is 6.14. The lowest BCUT2D eigenvalue weighted by Crippen LogP contribution is -1.84. The number of nitrogens with zero attached hydrogens (tertiary/aromatic N) is 1. The molecule has 0 radical (unpaired) electrons. The summed E-state index contributed by atoms with van der Waals surface area (Å²) in [5.74, 6) is 0. The number of hydrogen-bond acceptors (Lipinski definition) is 2. The van der Waals surface area contributed by atoms with E-state index >= 15 is 0 Å².